The van der Waals surface area contributed by atoms with Crippen molar-refractivity contribution in [3.05, 3.63) is 146 Å². The second-order valence-electron chi connectivity index (χ2n) is 14.2. The normalized spacial score (nSPS) is 10.9. The van der Waals surface area contributed by atoms with E-state index in [0.29, 0.717) is 0 Å². The average Bonchev–Trinajstić information content (AvgIpc) is 3.65. The molecule has 0 nitrogen and oxygen atoms in total. The van der Waals surface area contributed by atoms with Crippen LogP contribution in [0.3, 0.4) is 0 Å². The first-order valence-electron chi connectivity index (χ1n) is 16.6. The molecule has 6 aromatic carbocycles. The first-order chi connectivity index (χ1) is 21.4. The Labute approximate surface area is 316 Å². The second kappa shape index (κ2) is 18.8. The van der Waals surface area contributed by atoms with E-state index in [4.69, 9.17) is 0 Å². The van der Waals surface area contributed by atoms with E-state index in [9.17, 15) is 0 Å². The molecule has 0 saturated carbocycles. The van der Waals surface area contributed by atoms with Crippen molar-refractivity contribution >= 4 is 31.1 Å². The molecular formula is C46H58SiZr. The van der Waals surface area contributed by atoms with Crippen LogP contribution < -0.4 is 0 Å². The molecule has 0 spiro atoms. The van der Waals surface area contributed by atoms with E-state index >= 15 is 0 Å². The van der Waals surface area contributed by atoms with Gasteiger partial charge in [0.2, 0.25) is 0 Å². The molecule has 0 amide bonds. The average molecular weight is 730 g/mol. The summed E-state index contributed by atoms with van der Waals surface area (Å²) in [6, 6.07) is 40.6. The number of fused-ring (bicyclic) bond motifs is 2. The van der Waals surface area contributed by atoms with Crippen LogP contribution in [-0.4, -0.2) is 9.52 Å². The molecule has 6 aromatic rings. The van der Waals surface area contributed by atoms with E-state index in [2.05, 4.69) is 178 Å². The van der Waals surface area contributed by atoms with Gasteiger partial charge in [-0.05, 0) is 45.9 Å². The predicted molar refractivity (Wildman–Crippen MR) is 216 cm³/mol. The van der Waals surface area contributed by atoms with Gasteiger partial charge in [-0.25, -0.2) is 0 Å². The fourth-order valence-electron chi connectivity index (χ4n) is 5.80. The van der Waals surface area contributed by atoms with Gasteiger partial charge < -0.3 is 14.9 Å². The predicted octanol–water partition coefficient (Wildman–Crippen LogP) is 13.9. The summed E-state index contributed by atoms with van der Waals surface area (Å²) in [6.45, 7) is 22.3. The van der Waals surface area contributed by atoms with Crippen LogP contribution >= 0.6 is 0 Å². The summed E-state index contributed by atoms with van der Waals surface area (Å²) in [5.41, 5.74) is 11.3. The van der Waals surface area contributed by atoms with E-state index in [1.54, 1.807) is 0 Å². The van der Waals surface area contributed by atoms with Crippen LogP contribution in [0.5, 0.6) is 0 Å². The van der Waals surface area contributed by atoms with Crippen LogP contribution in [-0.2, 0) is 49.9 Å². The molecule has 0 aliphatic rings. The Bertz CT molecular complexity index is 1660. The summed E-state index contributed by atoms with van der Waals surface area (Å²) in [6.07, 6.45) is 2.19. The van der Waals surface area contributed by atoms with Gasteiger partial charge in [0, 0.05) is 9.52 Å². The minimum Gasteiger partial charge on any atom is -0.358 e. The van der Waals surface area contributed by atoms with Gasteiger partial charge in [-0.2, -0.15) is 12.1 Å². The Hall–Kier alpha value is -2.80. The Morgan fingerprint density at radius 1 is 0.521 bits per heavy atom. The van der Waals surface area contributed by atoms with E-state index < -0.39 is 0 Å². The van der Waals surface area contributed by atoms with E-state index in [-0.39, 0.29) is 51.9 Å². The monoisotopic (exact) mass is 728 g/mol. The maximum absolute atomic E-state index is 2.34. The summed E-state index contributed by atoms with van der Waals surface area (Å²) in [5.74, 6) is 0. The number of aryl methyl sites for hydroxylation is 2. The smallest absolute Gasteiger partial charge is 0.358 e. The minimum atomic E-state index is 0. The largest absolute Gasteiger partial charge is 4.00 e. The SMILES string of the molecule is CCc1cc2c(-c3ccc(C(C)(C)C)cc3)cccc2[cH-]1.CCc1cc2c(-c3ccc(C(C)(C)C)cc3)cccc2[cH-]1.C[Si]C.[CH3-].[CH3-].[Zr+4]. The van der Waals surface area contributed by atoms with Gasteiger partial charge in [-0.3, -0.25) is 0 Å². The Morgan fingerprint density at radius 2 is 0.833 bits per heavy atom. The molecule has 250 valence electrons. The van der Waals surface area contributed by atoms with Crippen LogP contribution in [0, 0.1) is 14.9 Å². The van der Waals surface area contributed by atoms with Crippen molar-refractivity contribution in [2.24, 2.45) is 0 Å². The summed E-state index contributed by atoms with van der Waals surface area (Å²) in [7, 11) is 1.08. The van der Waals surface area contributed by atoms with Crippen molar-refractivity contribution in [1.29, 1.82) is 0 Å². The maximum atomic E-state index is 2.34. The number of benzene rings is 4. The van der Waals surface area contributed by atoms with Gasteiger partial charge in [0.1, 0.15) is 0 Å². The minimum absolute atomic E-state index is 0. The zero-order chi connectivity index (χ0) is 32.8. The van der Waals surface area contributed by atoms with Gasteiger partial charge in [-0.15, -0.1) is 69.1 Å². The standard InChI is InChI=1S/2C21H23.C2H6Si.2CH3.Zr/c2*1-5-15-13-17-7-6-8-19(20(17)14-15)16-9-11-18(12-10-16)21(2,3)4;1-3-2;;;/h2*6-14H,5H2,1-4H3;1-2H3;2*1H3;/q2*-1;;2*-1;+4. The van der Waals surface area contributed by atoms with Crippen LogP contribution in [0.25, 0.3) is 43.8 Å². The first kappa shape index (κ1) is 43.2. The van der Waals surface area contributed by atoms with Crippen molar-refractivity contribution in [1.82, 2.24) is 0 Å². The third-order valence-corrected chi connectivity index (χ3v) is 8.56. The first-order valence-corrected chi connectivity index (χ1v) is 18.6. The molecule has 48 heavy (non-hydrogen) atoms. The molecule has 0 saturated heterocycles. The van der Waals surface area contributed by atoms with Gasteiger partial charge in [0.15, 0.2) is 0 Å². The summed E-state index contributed by atoms with van der Waals surface area (Å²) >= 11 is 0. The molecule has 0 aliphatic heterocycles. The summed E-state index contributed by atoms with van der Waals surface area (Å²) in [4.78, 5) is 0. The maximum Gasteiger partial charge on any atom is 4.00 e. The molecule has 2 heteroatoms. The molecule has 0 heterocycles. The van der Waals surface area contributed by atoms with Gasteiger partial charge in [0.25, 0.3) is 0 Å². The number of rotatable bonds is 4. The Kier molecular flexibility index (Phi) is 16.9. The van der Waals surface area contributed by atoms with Crippen LogP contribution in [0.4, 0.5) is 0 Å². The van der Waals surface area contributed by atoms with Gasteiger partial charge >= 0.3 is 26.2 Å². The Morgan fingerprint density at radius 3 is 1.10 bits per heavy atom. The fraction of sp³-hybridized carbons (Fsp3) is 0.304. The van der Waals surface area contributed by atoms with E-state index in [0.717, 1.165) is 22.4 Å². The molecule has 0 unspecified atom stereocenters. The number of hydrogen-bond donors (Lipinski definition) is 0. The molecule has 0 bridgehead atoms. The second-order valence-corrected chi connectivity index (χ2v) is 15.2. The molecule has 0 N–H and O–H groups in total. The molecule has 0 aromatic heterocycles. The van der Waals surface area contributed by atoms with Crippen molar-refractivity contribution in [2.75, 3.05) is 0 Å². The molecule has 0 fully saturated rings. The van der Waals surface area contributed by atoms with Crippen LogP contribution in [0.1, 0.15) is 77.6 Å². The van der Waals surface area contributed by atoms with Crippen molar-refractivity contribution < 1.29 is 26.2 Å². The fourth-order valence-corrected chi connectivity index (χ4v) is 5.80. The van der Waals surface area contributed by atoms with E-state index in [1.807, 2.05) is 0 Å². The molecular weight excluding hydrogens is 672 g/mol. The van der Waals surface area contributed by atoms with Crippen molar-refractivity contribution in [3.8, 4) is 22.3 Å². The number of hydrogen-bond acceptors (Lipinski definition) is 0. The van der Waals surface area contributed by atoms with E-state index in [1.165, 1.54) is 66.1 Å². The molecule has 0 atom stereocenters. The van der Waals surface area contributed by atoms with Gasteiger partial charge in [-0.1, -0.05) is 140 Å². The van der Waals surface area contributed by atoms with Crippen LogP contribution in [0.2, 0.25) is 13.1 Å². The molecule has 0 aliphatic carbocycles. The third-order valence-electron chi connectivity index (χ3n) is 8.56. The zero-order valence-electron chi connectivity index (χ0n) is 31.8. The molecule has 6 rings (SSSR count). The summed E-state index contributed by atoms with van der Waals surface area (Å²) < 4.78 is 0. The van der Waals surface area contributed by atoms with Gasteiger partial charge in [0.05, 0.1) is 0 Å². The molecule has 2 radical (unpaired) electrons. The Balaban J connectivity index is 0.000000420. The third kappa shape index (κ3) is 10.6. The quantitative estimate of drug-likeness (QED) is 0.125. The van der Waals surface area contributed by atoms with Crippen molar-refractivity contribution in [3.63, 3.8) is 0 Å². The zero-order valence-corrected chi connectivity index (χ0v) is 35.3. The topological polar surface area (TPSA) is 0 Å². The van der Waals surface area contributed by atoms with Crippen molar-refractivity contribution in [2.45, 2.75) is 92.2 Å². The van der Waals surface area contributed by atoms with Crippen LogP contribution in [0.15, 0.2) is 109 Å². The summed E-state index contributed by atoms with van der Waals surface area (Å²) in [5, 5.41) is 5.45.